The van der Waals surface area contributed by atoms with E-state index in [0.29, 0.717) is 6.04 Å². The molecule has 0 aromatic carbocycles. The number of rotatable bonds is 4. The molecule has 0 aliphatic carbocycles. The average molecular weight is 205 g/mol. The predicted octanol–water partition coefficient (Wildman–Crippen LogP) is 0.884. The second kappa shape index (κ2) is 5.24. The van der Waals surface area contributed by atoms with Crippen LogP contribution in [0.25, 0.3) is 0 Å². The van der Waals surface area contributed by atoms with Gasteiger partial charge in [0.05, 0.1) is 0 Å². The molecule has 1 fully saturated rings. The summed E-state index contributed by atoms with van der Waals surface area (Å²) in [5, 5.41) is 6.89. The lowest BCUT2D eigenvalue weighted by atomic mass is 10.2. The Labute approximate surface area is 91.3 Å². The number of hydrogen-bond donors (Lipinski definition) is 2. The van der Waals surface area contributed by atoms with Gasteiger partial charge in [0.1, 0.15) is 0 Å². The topological polar surface area (TPSA) is 37.0 Å². The van der Waals surface area contributed by atoms with Crippen LogP contribution in [0.4, 0.5) is 0 Å². The van der Waals surface area contributed by atoms with E-state index in [4.69, 9.17) is 0 Å². The molecule has 82 valence electrons. The van der Waals surface area contributed by atoms with Gasteiger partial charge in [-0.05, 0) is 31.5 Å². The predicted molar refractivity (Wildman–Crippen MR) is 62.0 cm³/mol. The molecule has 1 atom stereocenters. The van der Waals surface area contributed by atoms with Gasteiger partial charge in [-0.15, -0.1) is 0 Å². The highest BCUT2D eigenvalue weighted by Crippen LogP contribution is 2.00. The van der Waals surface area contributed by atoms with Crippen LogP contribution < -0.4 is 10.6 Å². The first-order valence-corrected chi connectivity index (χ1v) is 5.70. The van der Waals surface area contributed by atoms with Gasteiger partial charge in [-0.25, -0.2) is 0 Å². The van der Waals surface area contributed by atoms with Gasteiger partial charge in [-0.1, -0.05) is 6.07 Å². The molecule has 15 heavy (non-hydrogen) atoms. The lowest BCUT2D eigenvalue weighted by Crippen LogP contribution is -2.32. The average Bonchev–Trinajstić information content (AvgIpc) is 2.74. The zero-order valence-corrected chi connectivity index (χ0v) is 9.29. The summed E-state index contributed by atoms with van der Waals surface area (Å²) in [6, 6.07) is 4.90. The van der Waals surface area contributed by atoms with Crippen molar-refractivity contribution < 1.29 is 0 Å². The van der Waals surface area contributed by atoms with Crippen molar-refractivity contribution in [1.82, 2.24) is 15.6 Å². The first kappa shape index (κ1) is 10.6. The van der Waals surface area contributed by atoms with E-state index in [1.165, 1.54) is 17.7 Å². The standard InChI is InChI=1S/C12H19N3/c1-10-2-3-11(15-8-10)5-7-14-12-4-6-13-9-12/h2-3,8,12-14H,4-7,9H2,1H3. The van der Waals surface area contributed by atoms with Crippen molar-refractivity contribution in [2.75, 3.05) is 19.6 Å². The minimum absolute atomic E-state index is 0.662. The molecule has 1 saturated heterocycles. The lowest BCUT2D eigenvalue weighted by Gasteiger charge is -2.10. The molecule has 0 spiro atoms. The zero-order chi connectivity index (χ0) is 10.5. The van der Waals surface area contributed by atoms with Crippen molar-refractivity contribution in [3.05, 3.63) is 29.6 Å². The van der Waals surface area contributed by atoms with Crippen molar-refractivity contribution >= 4 is 0 Å². The van der Waals surface area contributed by atoms with E-state index in [1.807, 2.05) is 6.20 Å². The molecule has 0 bridgehead atoms. The Hall–Kier alpha value is -0.930. The van der Waals surface area contributed by atoms with E-state index in [9.17, 15) is 0 Å². The van der Waals surface area contributed by atoms with E-state index < -0.39 is 0 Å². The quantitative estimate of drug-likeness (QED) is 0.766. The van der Waals surface area contributed by atoms with Crippen LogP contribution in [0, 0.1) is 6.92 Å². The maximum absolute atomic E-state index is 4.39. The molecule has 2 N–H and O–H groups in total. The summed E-state index contributed by atoms with van der Waals surface area (Å²) in [4.78, 5) is 4.39. The van der Waals surface area contributed by atoms with E-state index in [2.05, 4.69) is 34.7 Å². The second-order valence-electron chi connectivity index (χ2n) is 4.22. The maximum Gasteiger partial charge on any atom is 0.0416 e. The van der Waals surface area contributed by atoms with Crippen molar-refractivity contribution in [3.63, 3.8) is 0 Å². The van der Waals surface area contributed by atoms with Gasteiger partial charge in [-0.3, -0.25) is 4.98 Å². The molecule has 0 radical (unpaired) electrons. The molecule has 1 aliphatic rings. The minimum atomic E-state index is 0.662. The fourth-order valence-corrected chi connectivity index (χ4v) is 1.88. The number of pyridine rings is 1. The Morgan fingerprint density at radius 1 is 1.53 bits per heavy atom. The van der Waals surface area contributed by atoms with Gasteiger partial charge in [0.2, 0.25) is 0 Å². The Bertz CT molecular complexity index is 288. The number of hydrogen-bond acceptors (Lipinski definition) is 3. The van der Waals surface area contributed by atoms with Gasteiger partial charge >= 0.3 is 0 Å². The summed E-state index contributed by atoms with van der Waals surface area (Å²) in [5.41, 5.74) is 2.41. The van der Waals surface area contributed by atoms with Crippen LogP contribution in [-0.2, 0) is 6.42 Å². The fourth-order valence-electron chi connectivity index (χ4n) is 1.88. The first-order chi connectivity index (χ1) is 7.34. The molecule has 3 nitrogen and oxygen atoms in total. The molecule has 2 rings (SSSR count). The highest BCUT2D eigenvalue weighted by molar-refractivity contribution is 5.12. The van der Waals surface area contributed by atoms with E-state index in [1.54, 1.807) is 0 Å². The van der Waals surface area contributed by atoms with Crippen molar-refractivity contribution in [3.8, 4) is 0 Å². The molecule has 1 aromatic heterocycles. The van der Waals surface area contributed by atoms with Crippen LogP contribution in [0.2, 0.25) is 0 Å². The molecule has 2 heterocycles. The van der Waals surface area contributed by atoms with Crippen LogP contribution in [0.5, 0.6) is 0 Å². The Morgan fingerprint density at radius 2 is 2.47 bits per heavy atom. The van der Waals surface area contributed by atoms with Crippen LogP contribution >= 0.6 is 0 Å². The van der Waals surface area contributed by atoms with Crippen LogP contribution in [0.1, 0.15) is 17.7 Å². The normalized spacial score (nSPS) is 20.7. The third kappa shape index (κ3) is 3.29. The summed E-state index contributed by atoms with van der Waals surface area (Å²) in [6.45, 7) is 5.36. The monoisotopic (exact) mass is 205 g/mol. The number of aryl methyl sites for hydroxylation is 1. The minimum Gasteiger partial charge on any atom is -0.315 e. The molecular weight excluding hydrogens is 186 g/mol. The van der Waals surface area contributed by atoms with Gasteiger partial charge < -0.3 is 10.6 Å². The first-order valence-electron chi connectivity index (χ1n) is 5.70. The SMILES string of the molecule is Cc1ccc(CCNC2CCNC2)nc1. The van der Waals surface area contributed by atoms with Crippen molar-refractivity contribution in [2.45, 2.75) is 25.8 Å². The zero-order valence-electron chi connectivity index (χ0n) is 9.29. The molecule has 1 unspecified atom stereocenters. The largest absolute Gasteiger partial charge is 0.315 e. The summed E-state index contributed by atoms with van der Waals surface area (Å²) < 4.78 is 0. The molecule has 1 aliphatic heterocycles. The van der Waals surface area contributed by atoms with Gasteiger partial charge in [0.25, 0.3) is 0 Å². The smallest absolute Gasteiger partial charge is 0.0416 e. The summed E-state index contributed by atoms with van der Waals surface area (Å²) in [6.07, 6.45) is 4.21. The third-order valence-corrected chi connectivity index (χ3v) is 2.85. The summed E-state index contributed by atoms with van der Waals surface area (Å²) >= 11 is 0. The maximum atomic E-state index is 4.39. The van der Waals surface area contributed by atoms with Gasteiger partial charge in [0.15, 0.2) is 0 Å². The highest BCUT2D eigenvalue weighted by atomic mass is 15.0. The molecule has 0 saturated carbocycles. The number of nitrogens with one attached hydrogen (secondary N) is 2. The van der Waals surface area contributed by atoms with E-state index in [0.717, 1.165) is 26.1 Å². The molecular formula is C12H19N3. The van der Waals surface area contributed by atoms with Crippen LogP contribution in [0.15, 0.2) is 18.3 Å². The van der Waals surface area contributed by atoms with Crippen molar-refractivity contribution in [1.29, 1.82) is 0 Å². The highest BCUT2D eigenvalue weighted by Gasteiger charge is 2.12. The fraction of sp³-hybridized carbons (Fsp3) is 0.583. The number of aromatic nitrogens is 1. The van der Waals surface area contributed by atoms with Crippen molar-refractivity contribution in [2.24, 2.45) is 0 Å². The van der Waals surface area contributed by atoms with Gasteiger partial charge in [-0.2, -0.15) is 0 Å². The summed E-state index contributed by atoms with van der Waals surface area (Å²) in [5.74, 6) is 0. The summed E-state index contributed by atoms with van der Waals surface area (Å²) in [7, 11) is 0. The second-order valence-corrected chi connectivity index (χ2v) is 4.22. The lowest BCUT2D eigenvalue weighted by molar-refractivity contribution is 0.548. The van der Waals surface area contributed by atoms with Crippen LogP contribution in [0.3, 0.4) is 0 Å². The Kier molecular flexibility index (Phi) is 3.69. The third-order valence-electron chi connectivity index (χ3n) is 2.85. The van der Waals surface area contributed by atoms with Crippen LogP contribution in [-0.4, -0.2) is 30.7 Å². The van der Waals surface area contributed by atoms with Gasteiger partial charge in [0, 0.05) is 37.4 Å². The Balaban J connectivity index is 1.71. The molecule has 0 amide bonds. The van der Waals surface area contributed by atoms with E-state index in [-0.39, 0.29) is 0 Å². The molecule has 3 heteroatoms. The number of nitrogens with zero attached hydrogens (tertiary/aromatic N) is 1. The molecule has 1 aromatic rings. The van der Waals surface area contributed by atoms with E-state index >= 15 is 0 Å². The Morgan fingerprint density at radius 3 is 3.13 bits per heavy atom.